The van der Waals surface area contributed by atoms with Gasteiger partial charge < -0.3 is 14.4 Å². The first kappa shape index (κ1) is 17.7. The number of nitrogens with zero attached hydrogens (tertiary/aromatic N) is 1. The van der Waals surface area contributed by atoms with Gasteiger partial charge in [0.05, 0.1) is 18.8 Å². The van der Waals surface area contributed by atoms with Gasteiger partial charge in [-0.3, -0.25) is 4.79 Å². The monoisotopic (exact) mass is 311 g/mol. The highest BCUT2D eigenvalue weighted by atomic mass is 16.5. The van der Waals surface area contributed by atoms with Crippen LogP contribution in [0.5, 0.6) is 0 Å². The molecule has 2 heterocycles. The number of likely N-dealkylation sites (tertiary alicyclic amines) is 1. The van der Waals surface area contributed by atoms with Gasteiger partial charge in [0.2, 0.25) is 5.91 Å². The summed E-state index contributed by atoms with van der Waals surface area (Å²) in [4.78, 5) is 15.2. The lowest BCUT2D eigenvalue weighted by Gasteiger charge is -2.38. The van der Waals surface area contributed by atoms with E-state index in [1.54, 1.807) is 7.11 Å². The van der Waals surface area contributed by atoms with Crippen LogP contribution in [0.25, 0.3) is 0 Å². The van der Waals surface area contributed by atoms with Crippen molar-refractivity contribution in [1.29, 1.82) is 0 Å². The molecule has 0 bridgehead atoms. The van der Waals surface area contributed by atoms with Crippen LogP contribution < -0.4 is 0 Å². The van der Waals surface area contributed by atoms with Gasteiger partial charge in [-0.25, -0.2) is 0 Å². The molecule has 2 aliphatic heterocycles. The van der Waals surface area contributed by atoms with Crippen LogP contribution >= 0.6 is 0 Å². The number of methoxy groups -OCH3 is 1. The van der Waals surface area contributed by atoms with E-state index in [0.29, 0.717) is 23.8 Å². The highest BCUT2D eigenvalue weighted by molar-refractivity contribution is 5.79. The Morgan fingerprint density at radius 1 is 1.18 bits per heavy atom. The molecule has 2 saturated heterocycles. The Bertz CT molecular complexity index is 377. The number of ether oxygens (including phenoxy) is 2. The zero-order chi connectivity index (χ0) is 16.4. The summed E-state index contributed by atoms with van der Waals surface area (Å²) in [5.74, 6) is 1.31. The summed E-state index contributed by atoms with van der Waals surface area (Å²) in [5, 5.41) is 0. The second-order valence-electron chi connectivity index (χ2n) is 7.56. The van der Waals surface area contributed by atoms with Crippen LogP contribution in [0.1, 0.15) is 53.9 Å². The summed E-state index contributed by atoms with van der Waals surface area (Å²) in [6.45, 7) is 11.4. The number of amides is 1. The zero-order valence-corrected chi connectivity index (χ0v) is 15.0. The van der Waals surface area contributed by atoms with E-state index in [4.69, 9.17) is 9.47 Å². The summed E-state index contributed by atoms with van der Waals surface area (Å²) >= 11 is 0. The third-order valence-corrected chi connectivity index (χ3v) is 5.71. The molecule has 0 aromatic rings. The maximum atomic E-state index is 13.1. The highest BCUT2D eigenvalue weighted by Crippen LogP contribution is 2.36. The van der Waals surface area contributed by atoms with Crippen LogP contribution in [0, 0.1) is 17.8 Å². The first-order chi connectivity index (χ1) is 10.3. The third kappa shape index (κ3) is 3.65. The van der Waals surface area contributed by atoms with E-state index in [-0.39, 0.29) is 24.2 Å². The molecule has 22 heavy (non-hydrogen) atoms. The highest BCUT2D eigenvalue weighted by Gasteiger charge is 2.42. The van der Waals surface area contributed by atoms with Crippen molar-refractivity contribution >= 4 is 5.91 Å². The van der Waals surface area contributed by atoms with E-state index < -0.39 is 0 Å². The summed E-state index contributed by atoms with van der Waals surface area (Å²) in [5.41, 5.74) is 0. The van der Waals surface area contributed by atoms with E-state index in [9.17, 15) is 4.79 Å². The van der Waals surface area contributed by atoms with Crippen molar-refractivity contribution in [2.24, 2.45) is 17.8 Å². The van der Waals surface area contributed by atoms with Gasteiger partial charge in [-0.05, 0) is 52.9 Å². The Labute approximate surface area is 135 Å². The number of hydrogen-bond acceptors (Lipinski definition) is 3. The minimum atomic E-state index is 0.0833. The predicted octanol–water partition coefficient (Wildman–Crippen LogP) is 3.10. The summed E-state index contributed by atoms with van der Waals surface area (Å²) in [7, 11) is 1.75. The molecule has 0 spiro atoms. The van der Waals surface area contributed by atoms with Gasteiger partial charge >= 0.3 is 0 Å². The standard InChI is InChI=1S/C18H33NO3/c1-11-7-17(10-21-6)15(5)19(11)18(20)14(4)16-8-12(2)22-13(3)9-16/h11-17H,7-10H2,1-6H3/t11-,12?,13?,14?,15?,16?,17?/m1/s1. The van der Waals surface area contributed by atoms with Gasteiger partial charge in [-0.1, -0.05) is 6.92 Å². The van der Waals surface area contributed by atoms with Crippen LogP contribution in [0.4, 0.5) is 0 Å². The normalized spacial score (nSPS) is 40.7. The lowest BCUT2D eigenvalue weighted by atomic mass is 9.82. The molecule has 2 fully saturated rings. The molecule has 0 aliphatic carbocycles. The summed E-state index contributed by atoms with van der Waals surface area (Å²) in [6, 6.07) is 0.597. The molecule has 0 radical (unpaired) electrons. The van der Waals surface area contributed by atoms with Gasteiger partial charge in [0, 0.05) is 31.0 Å². The van der Waals surface area contributed by atoms with E-state index in [0.717, 1.165) is 25.9 Å². The number of carbonyl (C=O) groups excluding carboxylic acids is 1. The van der Waals surface area contributed by atoms with Crippen molar-refractivity contribution in [3.63, 3.8) is 0 Å². The molecule has 1 amide bonds. The molecule has 5 unspecified atom stereocenters. The van der Waals surface area contributed by atoms with Gasteiger partial charge in [0.25, 0.3) is 0 Å². The summed E-state index contributed by atoms with van der Waals surface area (Å²) < 4.78 is 11.1. The second kappa shape index (κ2) is 7.31. The third-order valence-electron chi connectivity index (χ3n) is 5.71. The Balaban J connectivity index is 2.03. The van der Waals surface area contributed by atoms with Crippen molar-refractivity contribution < 1.29 is 14.3 Å². The lowest BCUT2D eigenvalue weighted by molar-refractivity contribution is -0.142. The Morgan fingerprint density at radius 2 is 1.77 bits per heavy atom. The maximum Gasteiger partial charge on any atom is 0.226 e. The van der Waals surface area contributed by atoms with Crippen molar-refractivity contribution in [2.75, 3.05) is 13.7 Å². The average molecular weight is 311 g/mol. The lowest BCUT2D eigenvalue weighted by Crippen LogP contribution is -2.46. The minimum Gasteiger partial charge on any atom is -0.384 e. The van der Waals surface area contributed by atoms with Crippen molar-refractivity contribution in [1.82, 2.24) is 4.90 Å². The van der Waals surface area contributed by atoms with Gasteiger partial charge in [0.1, 0.15) is 0 Å². The quantitative estimate of drug-likeness (QED) is 0.801. The molecule has 0 saturated carbocycles. The molecule has 2 rings (SSSR count). The maximum absolute atomic E-state index is 13.1. The predicted molar refractivity (Wildman–Crippen MR) is 87.7 cm³/mol. The topological polar surface area (TPSA) is 38.8 Å². The zero-order valence-electron chi connectivity index (χ0n) is 15.0. The Kier molecular flexibility index (Phi) is 5.89. The van der Waals surface area contributed by atoms with E-state index in [2.05, 4.69) is 39.5 Å². The number of hydrogen-bond donors (Lipinski definition) is 0. The molecule has 0 N–H and O–H groups in total. The molecular formula is C18H33NO3. The molecule has 4 nitrogen and oxygen atoms in total. The van der Waals surface area contributed by atoms with Crippen molar-refractivity contribution in [3.8, 4) is 0 Å². The van der Waals surface area contributed by atoms with Crippen LogP contribution in [0.2, 0.25) is 0 Å². The fraction of sp³-hybridized carbons (Fsp3) is 0.944. The molecule has 4 heteroatoms. The average Bonchev–Trinajstić information content (AvgIpc) is 2.71. The van der Waals surface area contributed by atoms with Crippen molar-refractivity contribution in [2.45, 2.75) is 78.2 Å². The molecule has 0 aromatic carbocycles. The second-order valence-corrected chi connectivity index (χ2v) is 7.56. The first-order valence-electron chi connectivity index (χ1n) is 8.81. The smallest absolute Gasteiger partial charge is 0.226 e. The fourth-order valence-electron chi connectivity index (χ4n) is 4.52. The molecule has 2 aliphatic rings. The molecule has 0 aromatic heterocycles. The summed E-state index contributed by atoms with van der Waals surface area (Å²) in [6.07, 6.45) is 3.57. The fourth-order valence-corrected chi connectivity index (χ4v) is 4.52. The van der Waals surface area contributed by atoms with Crippen LogP contribution in [0.15, 0.2) is 0 Å². The van der Waals surface area contributed by atoms with Gasteiger partial charge in [0.15, 0.2) is 0 Å². The molecule has 6 atom stereocenters. The van der Waals surface area contributed by atoms with Crippen LogP contribution in [-0.4, -0.2) is 48.8 Å². The minimum absolute atomic E-state index is 0.0833. The molecular weight excluding hydrogens is 278 g/mol. The largest absolute Gasteiger partial charge is 0.384 e. The van der Waals surface area contributed by atoms with Crippen molar-refractivity contribution in [3.05, 3.63) is 0 Å². The van der Waals surface area contributed by atoms with E-state index in [1.165, 1.54) is 0 Å². The first-order valence-corrected chi connectivity index (χ1v) is 8.81. The number of rotatable bonds is 4. The van der Waals surface area contributed by atoms with Gasteiger partial charge in [-0.15, -0.1) is 0 Å². The Hall–Kier alpha value is -0.610. The van der Waals surface area contributed by atoms with Crippen LogP contribution in [-0.2, 0) is 14.3 Å². The number of carbonyl (C=O) groups is 1. The van der Waals surface area contributed by atoms with Crippen LogP contribution in [0.3, 0.4) is 0 Å². The van der Waals surface area contributed by atoms with E-state index in [1.807, 2.05) is 0 Å². The SMILES string of the molecule is COCC1C[C@@H](C)N(C(=O)C(C)C2CC(C)OC(C)C2)C1C. The Morgan fingerprint density at radius 3 is 2.32 bits per heavy atom. The van der Waals surface area contributed by atoms with E-state index >= 15 is 0 Å². The molecule has 128 valence electrons. The van der Waals surface area contributed by atoms with Gasteiger partial charge in [-0.2, -0.15) is 0 Å².